The molecule has 8 nitrogen and oxygen atoms in total. The number of benzene rings is 2. The smallest absolute Gasteiger partial charge is 0.353 e. The fraction of sp³-hybridized carbons (Fsp3) is 0.273. The van der Waals surface area contributed by atoms with Crippen molar-refractivity contribution in [2.24, 2.45) is 10.2 Å². The highest BCUT2D eigenvalue weighted by molar-refractivity contribution is 6.40. The van der Waals surface area contributed by atoms with Gasteiger partial charge in [0.05, 0.1) is 12.2 Å². The first kappa shape index (κ1) is 21.2. The molecule has 0 unspecified atom stereocenters. The van der Waals surface area contributed by atoms with Crippen molar-refractivity contribution in [3.63, 3.8) is 0 Å². The molecule has 0 saturated heterocycles. The van der Waals surface area contributed by atoms with Crippen LogP contribution in [0.15, 0.2) is 58.8 Å². The second kappa shape index (κ2) is 9.32. The van der Waals surface area contributed by atoms with Gasteiger partial charge in [-0.05, 0) is 38.2 Å². The Labute approximate surface area is 174 Å². The molecule has 0 fully saturated rings. The minimum atomic E-state index is -1.05. The second-order valence-electron chi connectivity index (χ2n) is 6.89. The number of hydrogen-bond acceptors (Lipinski definition) is 5. The number of aromatic hydroxyl groups is 1. The van der Waals surface area contributed by atoms with E-state index in [2.05, 4.69) is 20.4 Å². The molecule has 0 aliphatic carbocycles. The van der Waals surface area contributed by atoms with Crippen LogP contribution in [0.3, 0.4) is 0 Å². The summed E-state index contributed by atoms with van der Waals surface area (Å²) in [5, 5.41) is 21.3. The summed E-state index contributed by atoms with van der Waals surface area (Å²) in [5.74, 6) is -2.04. The van der Waals surface area contributed by atoms with E-state index < -0.39 is 11.8 Å². The Hall–Kier alpha value is -3.52. The topological polar surface area (TPSA) is 99.3 Å². The average molecular weight is 407 g/mol. The summed E-state index contributed by atoms with van der Waals surface area (Å²) in [7, 11) is 0. The Bertz CT molecular complexity index is 1080. The van der Waals surface area contributed by atoms with Gasteiger partial charge < -0.3 is 10.4 Å². The molecule has 1 heterocycles. The van der Waals surface area contributed by atoms with Gasteiger partial charge in [-0.25, -0.2) is 0 Å². The highest BCUT2D eigenvalue weighted by atomic mass is 16.3. The molecule has 0 spiro atoms. The van der Waals surface area contributed by atoms with Crippen molar-refractivity contribution < 1.29 is 14.7 Å². The molecular weight excluding hydrogens is 382 g/mol. The molecular formula is C22H25N5O3. The number of rotatable bonds is 6. The summed E-state index contributed by atoms with van der Waals surface area (Å²) < 4.78 is 1.72. The number of azo groups is 1. The van der Waals surface area contributed by atoms with Crippen molar-refractivity contribution in [3.8, 4) is 5.88 Å². The zero-order valence-corrected chi connectivity index (χ0v) is 17.3. The molecule has 156 valence electrons. The third-order valence-electron chi connectivity index (χ3n) is 4.90. The minimum absolute atomic E-state index is 0.0985. The summed E-state index contributed by atoms with van der Waals surface area (Å²) in [4.78, 5) is 26.4. The number of aromatic nitrogens is 1. The number of nitrogens with one attached hydrogen (secondary N) is 1. The lowest BCUT2D eigenvalue weighted by atomic mass is 10.2. The molecule has 1 aromatic heterocycles. The summed E-state index contributed by atoms with van der Waals surface area (Å²) in [6.07, 6.45) is 0. The Morgan fingerprint density at radius 3 is 2.40 bits per heavy atom. The Morgan fingerprint density at radius 1 is 1.07 bits per heavy atom. The number of carbonyl (C=O) groups is 2. The number of amides is 2. The monoisotopic (exact) mass is 407 g/mol. The molecule has 0 atom stereocenters. The van der Waals surface area contributed by atoms with E-state index in [9.17, 15) is 14.7 Å². The second-order valence-corrected chi connectivity index (χ2v) is 6.89. The predicted octanol–water partition coefficient (Wildman–Crippen LogP) is 4.20. The zero-order valence-electron chi connectivity index (χ0n) is 17.3. The first-order valence-electron chi connectivity index (χ1n) is 9.80. The fourth-order valence-electron chi connectivity index (χ4n) is 3.10. The van der Waals surface area contributed by atoms with Gasteiger partial charge in [0, 0.05) is 11.1 Å². The van der Waals surface area contributed by atoms with E-state index in [1.54, 1.807) is 22.8 Å². The van der Waals surface area contributed by atoms with Gasteiger partial charge in [0.1, 0.15) is 0 Å². The van der Waals surface area contributed by atoms with Crippen molar-refractivity contribution in [3.05, 3.63) is 54.1 Å². The maximum atomic E-state index is 12.1. The van der Waals surface area contributed by atoms with Gasteiger partial charge in [0.25, 0.3) is 0 Å². The van der Waals surface area contributed by atoms with E-state index >= 15 is 0 Å². The normalized spacial score (nSPS) is 11.5. The maximum absolute atomic E-state index is 12.1. The van der Waals surface area contributed by atoms with Crippen molar-refractivity contribution in [2.45, 2.75) is 27.4 Å². The summed E-state index contributed by atoms with van der Waals surface area (Å²) in [5.41, 5.74) is 2.46. The molecule has 0 aliphatic heterocycles. The predicted molar refractivity (Wildman–Crippen MR) is 116 cm³/mol. The molecule has 0 saturated carbocycles. The molecule has 0 bridgehead atoms. The van der Waals surface area contributed by atoms with E-state index in [4.69, 9.17) is 0 Å². The van der Waals surface area contributed by atoms with E-state index in [1.165, 1.54) is 0 Å². The average Bonchev–Trinajstić information content (AvgIpc) is 3.02. The van der Waals surface area contributed by atoms with Crippen LogP contribution < -0.4 is 5.32 Å². The van der Waals surface area contributed by atoms with Crippen LogP contribution in [-0.2, 0) is 16.3 Å². The van der Waals surface area contributed by atoms with Crippen LogP contribution in [0.25, 0.3) is 10.9 Å². The van der Waals surface area contributed by atoms with Crippen molar-refractivity contribution in [1.82, 2.24) is 9.47 Å². The molecule has 8 heteroatoms. The molecule has 2 amide bonds. The Morgan fingerprint density at radius 2 is 1.73 bits per heavy atom. The van der Waals surface area contributed by atoms with Crippen LogP contribution in [-0.4, -0.2) is 39.5 Å². The highest BCUT2D eigenvalue weighted by Crippen LogP contribution is 2.38. The quantitative estimate of drug-likeness (QED) is 0.472. The number of para-hydroxylation sites is 1. The van der Waals surface area contributed by atoms with E-state index in [-0.39, 0.29) is 11.6 Å². The van der Waals surface area contributed by atoms with Crippen molar-refractivity contribution in [2.75, 3.05) is 18.4 Å². The first-order chi connectivity index (χ1) is 14.4. The third-order valence-corrected chi connectivity index (χ3v) is 4.90. The van der Waals surface area contributed by atoms with Gasteiger partial charge in [-0.2, -0.15) is 0 Å². The number of fused-ring (bicyclic) bond motifs is 1. The van der Waals surface area contributed by atoms with Crippen LogP contribution in [0.2, 0.25) is 0 Å². The van der Waals surface area contributed by atoms with E-state index in [0.717, 1.165) is 24.2 Å². The van der Waals surface area contributed by atoms with Gasteiger partial charge in [0.2, 0.25) is 5.88 Å². The van der Waals surface area contributed by atoms with Crippen molar-refractivity contribution in [1.29, 1.82) is 0 Å². The van der Waals surface area contributed by atoms with Crippen molar-refractivity contribution >= 4 is 34.1 Å². The lowest BCUT2D eigenvalue weighted by Gasteiger charge is -2.19. The Balaban J connectivity index is 1.84. The highest BCUT2D eigenvalue weighted by Gasteiger charge is 2.19. The molecule has 0 radical (unpaired) electrons. The SMILES string of the molecule is CCN(CC)Cn1c(O)c(N=NC(=O)C(=O)Nc2ccc(C)cc2)c2ccccc21. The first-order valence-corrected chi connectivity index (χ1v) is 9.80. The summed E-state index contributed by atoms with van der Waals surface area (Å²) >= 11 is 0. The Kier molecular flexibility index (Phi) is 6.58. The number of nitrogens with zero attached hydrogens (tertiary/aromatic N) is 4. The van der Waals surface area contributed by atoms with Crippen LogP contribution in [0.4, 0.5) is 11.4 Å². The van der Waals surface area contributed by atoms with E-state index in [0.29, 0.717) is 17.7 Å². The van der Waals surface area contributed by atoms with Gasteiger partial charge in [0.15, 0.2) is 5.69 Å². The van der Waals surface area contributed by atoms with Crippen LogP contribution in [0.5, 0.6) is 5.88 Å². The number of hydrogen-bond donors (Lipinski definition) is 2. The van der Waals surface area contributed by atoms with Gasteiger partial charge in [-0.3, -0.25) is 19.1 Å². The molecule has 3 rings (SSSR count). The molecule has 30 heavy (non-hydrogen) atoms. The van der Waals surface area contributed by atoms with Crippen LogP contribution in [0, 0.1) is 6.92 Å². The van der Waals surface area contributed by atoms with Gasteiger partial charge in [-0.1, -0.05) is 49.7 Å². The number of aryl methyl sites for hydroxylation is 1. The molecule has 0 aliphatic rings. The molecule has 3 aromatic rings. The lowest BCUT2D eigenvalue weighted by molar-refractivity contribution is -0.134. The lowest BCUT2D eigenvalue weighted by Crippen LogP contribution is -2.25. The zero-order chi connectivity index (χ0) is 21.7. The summed E-state index contributed by atoms with van der Waals surface area (Å²) in [6, 6.07) is 14.4. The number of carbonyl (C=O) groups excluding carboxylic acids is 2. The van der Waals surface area contributed by atoms with Gasteiger partial charge in [-0.15, -0.1) is 10.2 Å². The third kappa shape index (κ3) is 4.55. The minimum Gasteiger partial charge on any atom is -0.493 e. The fourth-order valence-corrected chi connectivity index (χ4v) is 3.10. The molecule has 2 aromatic carbocycles. The molecule has 2 N–H and O–H groups in total. The van der Waals surface area contributed by atoms with Gasteiger partial charge >= 0.3 is 11.8 Å². The maximum Gasteiger partial charge on any atom is 0.353 e. The number of anilines is 1. The van der Waals surface area contributed by atoms with Crippen LogP contribution in [0.1, 0.15) is 19.4 Å². The van der Waals surface area contributed by atoms with Crippen LogP contribution >= 0.6 is 0 Å². The standard InChI is InChI=1S/C22H25N5O3/c1-4-26(5-2)14-27-18-9-7-6-8-17(18)19(22(27)30)24-25-21(29)20(28)23-16-12-10-15(3)11-13-16/h6-13,30H,4-5,14H2,1-3H3,(H,23,28). The van der Waals surface area contributed by atoms with E-state index in [1.807, 2.05) is 51.1 Å². The largest absolute Gasteiger partial charge is 0.493 e. The summed E-state index contributed by atoms with van der Waals surface area (Å²) in [6.45, 7) is 8.11.